The van der Waals surface area contributed by atoms with Gasteiger partial charge in [0.25, 0.3) is 0 Å². The fraction of sp³-hybridized carbons (Fsp3) is 0.500. The van der Waals surface area contributed by atoms with E-state index >= 15 is 0 Å². The summed E-state index contributed by atoms with van der Waals surface area (Å²) in [5, 5.41) is 20.8. The molecule has 2 aromatic carbocycles. The Morgan fingerprint density at radius 2 is 1.19 bits per heavy atom. The number of phenolic OH excluding ortho intramolecular Hbond substituents is 2. The van der Waals surface area contributed by atoms with Gasteiger partial charge in [-0.15, -0.1) is 0 Å². The number of rotatable bonds is 3. The van der Waals surface area contributed by atoms with E-state index in [0.29, 0.717) is 17.4 Å². The zero-order valence-corrected chi connectivity index (χ0v) is 16.8. The van der Waals surface area contributed by atoms with Gasteiger partial charge in [-0.1, -0.05) is 57.4 Å². The van der Waals surface area contributed by atoms with Crippen LogP contribution in [0.25, 0.3) is 0 Å². The van der Waals surface area contributed by atoms with Crippen molar-refractivity contribution in [3.63, 3.8) is 0 Å². The second-order valence-corrected chi connectivity index (χ2v) is 8.65. The molecular formula is C24H32O2. The molecule has 1 saturated carbocycles. The van der Waals surface area contributed by atoms with Crippen LogP contribution in [0.2, 0.25) is 0 Å². The van der Waals surface area contributed by atoms with E-state index in [1.54, 1.807) is 0 Å². The molecule has 2 nitrogen and oxygen atoms in total. The zero-order chi connectivity index (χ0) is 19.1. The molecule has 0 unspecified atom stereocenters. The number of phenols is 2. The Morgan fingerprint density at radius 1 is 0.731 bits per heavy atom. The van der Waals surface area contributed by atoms with E-state index in [9.17, 15) is 10.2 Å². The quantitative estimate of drug-likeness (QED) is 0.671. The molecule has 0 aliphatic heterocycles. The van der Waals surface area contributed by atoms with Crippen LogP contribution >= 0.6 is 0 Å². The van der Waals surface area contributed by atoms with Gasteiger partial charge in [0.15, 0.2) is 0 Å². The van der Waals surface area contributed by atoms with Crippen molar-refractivity contribution in [3.05, 3.63) is 57.6 Å². The highest BCUT2D eigenvalue weighted by molar-refractivity contribution is 5.52. The summed E-state index contributed by atoms with van der Waals surface area (Å²) >= 11 is 0. The Kier molecular flexibility index (Phi) is 5.05. The van der Waals surface area contributed by atoms with Gasteiger partial charge in [-0.25, -0.2) is 0 Å². The fourth-order valence-corrected chi connectivity index (χ4v) is 4.38. The first-order valence-electron chi connectivity index (χ1n) is 9.86. The summed E-state index contributed by atoms with van der Waals surface area (Å²) < 4.78 is 0. The predicted molar refractivity (Wildman–Crippen MR) is 108 cm³/mol. The summed E-state index contributed by atoms with van der Waals surface area (Å²) in [5.41, 5.74) is 6.16. The van der Waals surface area contributed by atoms with Crippen LogP contribution < -0.4 is 0 Å². The Morgan fingerprint density at radius 3 is 1.73 bits per heavy atom. The third-order valence-corrected chi connectivity index (χ3v) is 6.31. The molecule has 0 atom stereocenters. The summed E-state index contributed by atoms with van der Waals surface area (Å²) in [6.07, 6.45) is 6.18. The molecule has 2 aromatic rings. The minimum Gasteiger partial charge on any atom is -0.507 e. The maximum atomic E-state index is 10.7. The summed E-state index contributed by atoms with van der Waals surface area (Å²) in [6, 6.07) is 8.53. The number of hydrogen-bond acceptors (Lipinski definition) is 2. The van der Waals surface area contributed by atoms with Crippen molar-refractivity contribution in [2.45, 2.75) is 78.1 Å². The van der Waals surface area contributed by atoms with Gasteiger partial charge in [-0.05, 0) is 72.9 Å². The number of hydrogen-bond donors (Lipinski definition) is 2. The van der Waals surface area contributed by atoms with Crippen molar-refractivity contribution < 1.29 is 10.2 Å². The molecule has 0 radical (unpaired) electrons. The van der Waals surface area contributed by atoms with Gasteiger partial charge in [0.2, 0.25) is 0 Å². The van der Waals surface area contributed by atoms with Gasteiger partial charge in [0.1, 0.15) is 11.5 Å². The molecule has 0 amide bonds. The first-order chi connectivity index (χ1) is 12.2. The SMILES string of the molecule is Cc1cc(C(C)(C)c2cc(C)c(O)c(C3CCCCC3)c2)cc(C)c1O. The van der Waals surface area contributed by atoms with E-state index in [0.717, 1.165) is 22.3 Å². The Labute approximate surface area is 157 Å². The highest BCUT2D eigenvalue weighted by Gasteiger charge is 2.28. The van der Waals surface area contributed by atoms with Crippen LogP contribution in [0.5, 0.6) is 11.5 Å². The maximum absolute atomic E-state index is 10.7. The third-order valence-electron chi connectivity index (χ3n) is 6.31. The Balaban J connectivity index is 2.08. The lowest BCUT2D eigenvalue weighted by Crippen LogP contribution is -2.20. The molecule has 26 heavy (non-hydrogen) atoms. The highest BCUT2D eigenvalue weighted by Crippen LogP contribution is 2.43. The van der Waals surface area contributed by atoms with Gasteiger partial charge < -0.3 is 10.2 Å². The second kappa shape index (κ2) is 6.98. The van der Waals surface area contributed by atoms with Crippen molar-refractivity contribution in [3.8, 4) is 11.5 Å². The molecule has 3 rings (SSSR count). The molecular weight excluding hydrogens is 320 g/mol. The molecule has 0 heterocycles. The minimum absolute atomic E-state index is 0.189. The van der Waals surface area contributed by atoms with Gasteiger partial charge in [0, 0.05) is 5.41 Å². The van der Waals surface area contributed by atoms with Crippen LogP contribution in [0, 0.1) is 20.8 Å². The van der Waals surface area contributed by atoms with E-state index in [4.69, 9.17) is 0 Å². The number of aryl methyl sites for hydroxylation is 3. The first-order valence-corrected chi connectivity index (χ1v) is 9.86. The molecule has 0 aromatic heterocycles. The second-order valence-electron chi connectivity index (χ2n) is 8.65. The van der Waals surface area contributed by atoms with Crippen molar-refractivity contribution in [1.82, 2.24) is 0 Å². The molecule has 0 bridgehead atoms. The molecule has 0 spiro atoms. The zero-order valence-electron chi connectivity index (χ0n) is 16.8. The van der Waals surface area contributed by atoms with E-state index in [1.807, 2.05) is 20.8 Å². The van der Waals surface area contributed by atoms with Crippen molar-refractivity contribution in [1.29, 1.82) is 0 Å². The minimum atomic E-state index is -0.189. The highest BCUT2D eigenvalue weighted by atomic mass is 16.3. The van der Waals surface area contributed by atoms with Crippen LogP contribution in [0.4, 0.5) is 0 Å². The molecule has 2 N–H and O–H groups in total. The van der Waals surface area contributed by atoms with E-state index < -0.39 is 0 Å². The van der Waals surface area contributed by atoms with Crippen LogP contribution in [-0.2, 0) is 5.41 Å². The molecule has 0 saturated heterocycles. The van der Waals surface area contributed by atoms with Gasteiger partial charge in [-0.3, -0.25) is 0 Å². The predicted octanol–water partition coefficient (Wildman–Crippen LogP) is 6.40. The van der Waals surface area contributed by atoms with E-state index in [1.165, 1.54) is 43.2 Å². The largest absolute Gasteiger partial charge is 0.507 e. The third kappa shape index (κ3) is 3.34. The topological polar surface area (TPSA) is 40.5 Å². The van der Waals surface area contributed by atoms with Crippen molar-refractivity contribution in [2.75, 3.05) is 0 Å². The van der Waals surface area contributed by atoms with Crippen LogP contribution in [-0.4, -0.2) is 10.2 Å². The van der Waals surface area contributed by atoms with Crippen LogP contribution in [0.1, 0.15) is 85.3 Å². The average molecular weight is 353 g/mol. The Hall–Kier alpha value is -1.96. The standard InChI is InChI=1S/C24H32O2/c1-15-11-19(12-16(2)22(15)25)24(4,5)20-13-17(3)23(26)21(14-20)18-9-7-6-8-10-18/h11-14,18,25-26H,6-10H2,1-5H3. The molecule has 1 fully saturated rings. The van der Waals surface area contributed by atoms with Gasteiger partial charge >= 0.3 is 0 Å². The summed E-state index contributed by atoms with van der Waals surface area (Å²) in [5.74, 6) is 1.34. The first kappa shape index (κ1) is 18.8. The van der Waals surface area contributed by atoms with Crippen LogP contribution in [0.3, 0.4) is 0 Å². The lowest BCUT2D eigenvalue weighted by Gasteiger charge is -2.30. The molecule has 1 aliphatic rings. The average Bonchev–Trinajstić information content (AvgIpc) is 2.62. The monoisotopic (exact) mass is 352 g/mol. The van der Waals surface area contributed by atoms with E-state index in [-0.39, 0.29) is 5.41 Å². The van der Waals surface area contributed by atoms with Gasteiger partial charge in [-0.2, -0.15) is 0 Å². The normalized spacial score (nSPS) is 16.0. The smallest absolute Gasteiger partial charge is 0.121 e. The molecule has 1 aliphatic carbocycles. The van der Waals surface area contributed by atoms with E-state index in [2.05, 4.69) is 38.1 Å². The lowest BCUT2D eigenvalue weighted by molar-refractivity contribution is 0.411. The summed E-state index contributed by atoms with van der Waals surface area (Å²) in [7, 11) is 0. The maximum Gasteiger partial charge on any atom is 0.121 e. The Bertz CT molecular complexity index is 788. The number of aromatic hydroxyl groups is 2. The van der Waals surface area contributed by atoms with Crippen molar-refractivity contribution >= 4 is 0 Å². The van der Waals surface area contributed by atoms with Crippen LogP contribution in [0.15, 0.2) is 24.3 Å². The summed E-state index contributed by atoms with van der Waals surface area (Å²) in [4.78, 5) is 0. The molecule has 140 valence electrons. The fourth-order valence-electron chi connectivity index (χ4n) is 4.38. The summed E-state index contributed by atoms with van der Waals surface area (Å²) in [6.45, 7) is 10.4. The lowest BCUT2D eigenvalue weighted by atomic mass is 9.74. The molecule has 2 heteroatoms. The van der Waals surface area contributed by atoms with Crippen molar-refractivity contribution in [2.24, 2.45) is 0 Å². The van der Waals surface area contributed by atoms with Gasteiger partial charge in [0.05, 0.1) is 0 Å². The number of benzene rings is 2.